The zero-order valence-electron chi connectivity index (χ0n) is 12.0. The second-order valence-corrected chi connectivity index (χ2v) is 5.86. The molecule has 1 aromatic rings. The van der Waals surface area contributed by atoms with Crippen LogP contribution in [0.2, 0.25) is 0 Å². The average Bonchev–Trinajstić information content (AvgIpc) is 2.43. The van der Waals surface area contributed by atoms with Crippen molar-refractivity contribution in [2.24, 2.45) is 5.41 Å². The van der Waals surface area contributed by atoms with Gasteiger partial charge in [0, 0.05) is 0 Å². The van der Waals surface area contributed by atoms with Gasteiger partial charge in [-0.2, -0.15) is 9.97 Å². The van der Waals surface area contributed by atoms with Gasteiger partial charge >= 0.3 is 0 Å². The number of aldehydes is 1. The molecule has 0 spiro atoms. The quantitative estimate of drug-likeness (QED) is 0.436. The molecule has 106 valence electrons. The number of methoxy groups -OCH3 is 2. The van der Waals surface area contributed by atoms with E-state index in [9.17, 15) is 4.79 Å². The zero-order chi connectivity index (χ0) is 14.5. The van der Waals surface area contributed by atoms with Crippen molar-refractivity contribution in [3.63, 3.8) is 0 Å². The highest BCUT2D eigenvalue weighted by Crippen LogP contribution is 2.36. The highest BCUT2D eigenvalue weighted by Gasteiger charge is 2.29. The summed E-state index contributed by atoms with van der Waals surface area (Å²) in [4.78, 5) is 19.7. The Morgan fingerprint density at radius 2 is 1.84 bits per heavy atom. The summed E-state index contributed by atoms with van der Waals surface area (Å²) in [6.45, 7) is 6.16. The van der Waals surface area contributed by atoms with Crippen LogP contribution in [0.25, 0.3) is 0 Å². The average molecular weight is 284 g/mol. The molecular weight excluding hydrogens is 264 g/mol. The number of ether oxygens (including phenoxy) is 2. The Morgan fingerprint density at radius 1 is 1.32 bits per heavy atom. The van der Waals surface area contributed by atoms with E-state index >= 15 is 0 Å². The molecule has 1 unspecified atom stereocenters. The summed E-state index contributed by atoms with van der Waals surface area (Å²) in [5, 5.41) is 0.268. The molecular formula is C13H20N2O3S. The van der Waals surface area contributed by atoms with Gasteiger partial charge in [0.15, 0.2) is 5.16 Å². The summed E-state index contributed by atoms with van der Waals surface area (Å²) in [7, 11) is 3.06. The lowest BCUT2D eigenvalue weighted by Crippen LogP contribution is -2.27. The van der Waals surface area contributed by atoms with E-state index in [0.29, 0.717) is 16.9 Å². The molecule has 0 N–H and O–H groups in total. The molecule has 0 aromatic carbocycles. The minimum atomic E-state index is -0.214. The normalized spacial score (nSPS) is 12.9. The van der Waals surface area contributed by atoms with E-state index in [-0.39, 0.29) is 10.7 Å². The summed E-state index contributed by atoms with van der Waals surface area (Å²) in [6.07, 6.45) is 1.84. The van der Waals surface area contributed by atoms with E-state index < -0.39 is 0 Å². The summed E-state index contributed by atoms with van der Waals surface area (Å²) < 4.78 is 10.2. The first-order valence-corrected chi connectivity index (χ1v) is 6.93. The molecule has 0 aliphatic heterocycles. The standard InChI is InChI=1S/C13H20N2O3S/c1-6-13(2,3)9(8-16)19-12-14-10(17-4)7-11(15-12)18-5/h7-9H,6H2,1-5H3. The molecule has 0 aliphatic rings. The first-order valence-electron chi connectivity index (χ1n) is 6.05. The molecule has 1 aromatic heterocycles. The molecule has 5 nitrogen and oxygen atoms in total. The predicted molar refractivity (Wildman–Crippen MR) is 74.9 cm³/mol. The number of aromatic nitrogens is 2. The third-order valence-corrected chi connectivity index (χ3v) is 4.51. The number of carbonyl (C=O) groups is 1. The van der Waals surface area contributed by atoms with Crippen LogP contribution in [-0.2, 0) is 4.79 Å². The van der Waals surface area contributed by atoms with E-state index in [1.54, 1.807) is 6.07 Å². The Hall–Kier alpha value is -1.30. The van der Waals surface area contributed by atoms with Crippen molar-refractivity contribution in [3.05, 3.63) is 6.07 Å². The lowest BCUT2D eigenvalue weighted by Gasteiger charge is -2.28. The van der Waals surface area contributed by atoms with Crippen LogP contribution in [-0.4, -0.2) is 35.7 Å². The number of hydrogen-bond donors (Lipinski definition) is 0. The molecule has 0 amide bonds. The van der Waals surface area contributed by atoms with Gasteiger partial charge in [0.25, 0.3) is 0 Å². The minimum Gasteiger partial charge on any atom is -0.481 e. The van der Waals surface area contributed by atoms with Crippen molar-refractivity contribution in [2.45, 2.75) is 37.6 Å². The maximum absolute atomic E-state index is 11.3. The Morgan fingerprint density at radius 3 is 2.21 bits per heavy atom. The molecule has 6 heteroatoms. The fourth-order valence-electron chi connectivity index (χ4n) is 1.33. The maximum Gasteiger partial charge on any atom is 0.220 e. The zero-order valence-corrected chi connectivity index (χ0v) is 12.8. The van der Waals surface area contributed by atoms with Gasteiger partial charge in [-0.3, -0.25) is 0 Å². The molecule has 0 radical (unpaired) electrons. The van der Waals surface area contributed by atoms with E-state index in [2.05, 4.69) is 30.7 Å². The molecule has 0 fully saturated rings. The maximum atomic E-state index is 11.3. The molecule has 0 aliphatic carbocycles. The van der Waals surface area contributed by atoms with Crippen LogP contribution in [0, 0.1) is 5.41 Å². The molecule has 0 bridgehead atoms. The fraction of sp³-hybridized carbons (Fsp3) is 0.615. The number of nitrogens with zero attached hydrogens (tertiary/aromatic N) is 2. The SMILES string of the molecule is CCC(C)(C)C(C=O)Sc1nc(OC)cc(OC)n1. The number of carbonyl (C=O) groups excluding carboxylic acids is 1. The molecule has 0 saturated heterocycles. The lowest BCUT2D eigenvalue weighted by molar-refractivity contribution is -0.108. The van der Waals surface area contributed by atoms with Gasteiger partial charge in [0.2, 0.25) is 11.8 Å². The van der Waals surface area contributed by atoms with Gasteiger partial charge in [-0.1, -0.05) is 32.5 Å². The van der Waals surface area contributed by atoms with Crippen molar-refractivity contribution in [1.82, 2.24) is 9.97 Å². The second-order valence-electron chi connectivity index (χ2n) is 4.75. The van der Waals surface area contributed by atoms with Crippen molar-refractivity contribution in [3.8, 4) is 11.8 Å². The summed E-state index contributed by atoms with van der Waals surface area (Å²) in [6, 6.07) is 1.60. The minimum absolute atomic E-state index is 0.119. The Bertz CT molecular complexity index is 416. The van der Waals surface area contributed by atoms with Gasteiger partial charge in [-0.25, -0.2) is 0 Å². The Labute approximate surface area is 118 Å². The van der Waals surface area contributed by atoms with E-state index in [1.165, 1.54) is 26.0 Å². The Balaban J connectivity index is 3.00. The number of rotatable bonds is 7. The van der Waals surface area contributed by atoms with Gasteiger partial charge in [-0.05, 0) is 11.8 Å². The molecule has 0 saturated carbocycles. The van der Waals surface area contributed by atoms with Crippen LogP contribution in [0.15, 0.2) is 11.2 Å². The van der Waals surface area contributed by atoms with Crippen LogP contribution in [0.5, 0.6) is 11.8 Å². The third-order valence-electron chi connectivity index (χ3n) is 3.11. The van der Waals surface area contributed by atoms with Crippen LogP contribution < -0.4 is 9.47 Å². The molecule has 1 rings (SSSR count). The van der Waals surface area contributed by atoms with Crippen LogP contribution in [0.4, 0.5) is 0 Å². The number of thioether (sulfide) groups is 1. The molecule has 1 atom stereocenters. The summed E-state index contributed by atoms with van der Waals surface area (Å²) in [5.41, 5.74) is -0.119. The van der Waals surface area contributed by atoms with Crippen LogP contribution in [0.1, 0.15) is 27.2 Å². The Kier molecular flexibility index (Phi) is 5.60. The van der Waals surface area contributed by atoms with Gasteiger partial charge in [-0.15, -0.1) is 0 Å². The van der Waals surface area contributed by atoms with E-state index in [0.717, 1.165) is 12.7 Å². The van der Waals surface area contributed by atoms with E-state index in [1.807, 2.05) is 0 Å². The van der Waals surface area contributed by atoms with Crippen LogP contribution in [0.3, 0.4) is 0 Å². The largest absolute Gasteiger partial charge is 0.481 e. The third kappa shape index (κ3) is 4.09. The van der Waals surface area contributed by atoms with Gasteiger partial charge < -0.3 is 14.3 Å². The highest BCUT2D eigenvalue weighted by atomic mass is 32.2. The van der Waals surface area contributed by atoms with Crippen molar-refractivity contribution < 1.29 is 14.3 Å². The summed E-state index contributed by atoms with van der Waals surface area (Å²) >= 11 is 1.33. The fourth-order valence-corrected chi connectivity index (χ4v) is 2.39. The predicted octanol–water partition coefficient (Wildman–Crippen LogP) is 2.59. The van der Waals surface area contributed by atoms with Gasteiger partial charge in [0.05, 0.1) is 25.5 Å². The topological polar surface area (TPSA) is 61.3 Å². The number of hydrogen-bond acceptors (Lipinski definition) is 6. The smallest absolute Gasteiger partial charge is 0.220 e. The first kappa shape index (κ1) is 15.8. The summed E-state index contributed by atoms with van der Waals surface area (Å²) in [5.74, 6) is 0.849. The van der Waals surface area contributed by atoms with Gasteiger partial charge in [0.1, 0.15) is 6.29 Å². The monoisotopic (exact) mass is 284 g/mol. The molecule has 19 heavy (non-hydrogen) atoms. The van der Waals surface area contributed by atoms with Crippen LogP contribution >= 0.6 is 11.8 Å². The van der Waals surface area contributed by atoms with E-state index in [4.69, 9.17) is 9.47 Å². The second kappa shape index (κ2) is 6.75. The first-order chi connectivity index (χ1) is 8.96. The van der Waals surface area contributed by atoms with Crippen molar-refractivity contribution in [1.29, 1.82) is 0 Å². The van der Waals surface area contributed by atoms with Crippen molar-refractivity contribution in [2.75, 3.05) is 14.2 Å². The van der Waals surface area contributed by atoms with Crippen molar-refractivity contribution >= 4 is 18.0 Å². The highest BCUT2D eigenvalue weighted by molar-refractivity contribution is 8.00. The molecule has 1 heterocycles. The lowest BCUT2D eigenvalue weighted by atomic mass is 9.87.